The number of halogens is 1. The van der Waals surface area contributed by atoms with Crippen molar-refractivity contribution in [2.24, 2.45) is 5.10 Å². The van der Waals surface area contributed by atoms with Gasteiger partial charge < -0.3 is 23.7 Å². The van der Waals surface area contributed by atoms with Crippen LogP contribution in [0.3, 0.4) is 0 Å². The highest BCUT2D eigenvalue weighted by Crippen LogP contribution is 2.38. The fourth-order valence-electron chi connectivity index (χ4n) is 3.75. The predicted octanol–water partition coefficient (Wildman–Crippen LogP) is 2.97. The molecule has 0 unspecified atom stereocenters. The van der Waals surface area contributed by atoms with E-state index in [9.17, 15) is 17.6 Å². The zero-order valence-corrected chi connectivity index (χ0v) is 22.2. The molecule has 13 heteroatoms. The third-order valence-corrected chi connectivity index (χ3v) is 7.36. The molecule has 3 aromatic carbocycles. The van der Waals surface area contributed by atoms with Crippen molar-refractivity contribution in [3.8, 4) is 28.7 Å². The highest BCUT2D eigenvalue weighted by atomic mass is 32.2. The Morgan fingerprint density at radius 1 is 0.974 bits per heavy atom. The summed E-state index contributed by atoms with van der Waals surface area (Å²) in [5.41, 5.74) is 2.91. The number of ether oxygens (including phenoxy) is 5. The van der Waals surface area contributed by atoms with Gasteiger partial charge in [-0.3, -0.25) is 9.10 Å². The number of hydrazone groups is 1. The molecule has 4 rings (SSSR count). The summed E-state index contributed by atoms with van der Waals surface area (Å²) in [7, 11) is 0.119. The Hall–Kier alpha value is -4.52. The molecule has 0 atom stereocenters. The molecule has 0 fully saturated rings. The molecule has 0 bridgehead atoms. The van der Waals surface area contributed by atoms with Crippen LogP contribution in [-0.2, 0) is 14.8 Å². The maximum absolute atomic E-state index is 13.6. The van der Waals surface area contributed by atoms with Gasteiger partial charge in [0.15, 0.2) is 23.0 Å². The van der Waals surface area contributed by atoms with E-state index in [-0.39, 0.29) is 22.9 Å². The summed E-state index contributed by atoms with van der Waals surface area (Å²) in [4.78, 5) is 12.7. The van der Waals surface area contributed by atoms with Crippen LogP contribution in [0.5, 0.6) is 28.7 Å². The van der Waals surface area contributed by atoms with E-state index in [0.717, 1.165) is 16.4 Å². The zero-order valence-electron chi connectivity index (χ0n) is 21.3. The van der Waals surface area contributed by atoms with Crippen LogP contribution in [0.4, 0.5) is 10.1 Å². The highest BCUT2D eigenvalue weighted by molar-refractivity contribution is 7.92. The van der Waals surface area contributed by atoms with Gasteiger partial charge in [-0.25, -0.2) is 18.2 Å². The second-order valence-corrected chi connectivity index (χ2v) is 9.91. The molecule has 206 valence electrons. The Labute approximate surface area is 224 Å². The monoisotopic (exact) mass is 559 g/mol. The number of rotatable bonds is 10. The number of fused-ring (bicyclic) bond motifs is 1. The largest absolute Gasteiger partial charge is 0.493 e. The fraction of sp³-hybridized carbons (Fsp3) is 0.231. The number of nitrogens with zero attached hydrogens (tertiary/aromatic N) is 2. The minimum absolute atomic E-state index is 0.0787. The average molecular weight is 560 g/mol. The van der Waals surface area contributed by atoms with Gasteiger partial charge in [-0.2, -0.15) is 5.10 Å². The SMILES string of the molecule is COc1cc(/C=N\NC(=O)CN(c2ccc(F)cc2)S(=O)(=O)c2ccc3c(c2)OCCO3)cc(OC)c1OC. The molecule has 0 spiro atoms. The lowest BCUT2D eigenvalue weighted by Crippen LogP contribution is -2.39. The fourth-order valence-corrected chi connectivity index (χ4v) is 5.19. The summed E-state index contributed by atoms with van der Waals surface area (Å²) in [6.07, 6.45) is 1.33. The molecule has 0 radical (unpaired) electrons. The van der Waals surface area contributed by atoms with Crippen LogP contribution in [0.2, 0.25) is 0 Å². The van der Waals surface area contributed by atoms with E-state index in [1.165, 1.54) is 57.9 Å². The standard InChI is InChI=1S/C26H26FN3O8S/c1-34-23-12-17(13-24(35-2)26(23)36-3)15-28-29-25(31)16-30(19-6-4-18(27)5-7-19)39(32,33)20-8-9-21-22(14-20)38-11-10-37-21/h4-9,12-15H,10-11,16H2,1-3H3,(H,29,31)/b28-15-. The number of nitrogens with one attached hydrogen (secondary N) is 1. The lowest BCUT2D eigenvalue weighted by atomic mass is 10.2. The van der Waals surface area contributed by atoms with Gasteiger partial charge in [0.25, 0.3) is 15.9 Å². The molecule has 39 heavy (non-hydrogen) atoms. The molecule has 11 nitrogen and oxygen atoms in total. The Balaban J connectivity index is 1.57. The quantitative estimate of drug-likeness (QED) is 0.297. The topological polar surface area (TPSA) is 125 Å². The number of sulfonamides is 1. The van der Waals surface area contributed by atoms with Crippen molar-refractivity contribution in [3.05, 3.63) is 66.0 Å². The maximum atomic E-state index is 13.6. The van der Waals surface area contributed by atoms with Crippen molar-refractivity contribution in [1.82, 2.24) is 5.43 Å². The minimum Gasteiger partial charge on any atom is -0.493 e. The first-order valence-electron chi connectivity index (χ1n) is 11.6. The molecule has 3 aromatic rings. The average Bonchev–Trinajstić information content (AvgIpc) is 2.95. The minimum atomic E-state index is -4.28. The number of carbonyl (C=O) groups excluding carboxylic acids is 1. The van der Waals surface area contributed by atoms with Gasteiger partial charge in [-0.1, -0.05) is 0 Å². The van der Waals surface area contributed by atoms with Crippen molar-refractivity contribution in [3.63, 3.8) is 0 Å². The van der Waals surface area contributed by atoms with Crippen LogP contribution < -0.4 is 33.4 Å². The smallest absolute Gasteiger partial charge is 0.264 e. The Morgan fingerprint density at radius 3 is 2.23 bits per heavy atom. The second kappa shape index (κ2) is 11.9. The molecule has 0 saturated heterocycles. The number of methoxy groups -OCH3 is 3. The number of carbonyl (C=O) groups is 1. The molecule has 1 heterocycles. The summed E-state index contributed by atoms with van der Waals surface area (Å²) < 4.78 is 68.5. The number of benzene rings is 3. The second-order valence-electron chi connectivity index (χ2n) is 8.05. The predicted molar refractivity (Wildman–Crippen MR) is 140 cm³/mol. The van der Waals surface area contributed by atoms with Gasteiger partial charge in [-0.05, 0) is 48.5 Å². The number of anilines is 1. The summed E-state index contributed by atoms with van der Waals surface area (Å²) in [6, 6.07) is 12.1. The Morgan fingerprint density at radius 2 is 1.62 bits per heavy atom. The van der Waals surface area contributed by atoms with E-state index >= 15 is 0 Å². The molecule has 0 aliphatic carbocycles. The lowest BCUT2D eigenvalue weighted by molar-refractivity contribution is -0.119. The van der Waals surface area contributed by atoms with Crippen molar-refractivity contribution in [2.75, 3.05) is 45.4 Å². The van der Waals surface area contributed by atoms with Gasteiger partial charge in [0.05, 0.1) is 38.1 Å². The Bertz CT molecular complexity index is 1450. The van der Waals surface area contributed by atoms with Crippen molar-refractivity contribution in [1.29, 1.82) is 0 Å². The van der Waals surface area contributed by atoms with Crippen LogP contribution in [0.25, 0.3) is 0 Å². The van der Waals surface area contributed by atoms with E-state index in [4.69, 9.17) is 23.7 Å². The molecular weight excluding hydrogens is 533 g/mol. The van der Waals surface area contributed by atoms with Crippen LogP contribution in [-0.4, -0.2) is 61.6 Å². The van der Waals surface area contributed by atoms with Gasteiger partial charge in [0.2, 0.25) is 5.75 Å². The first kappa shape index (κ1) is 27.5. The number of hydrogen-bond donors (Lipinski definition) is 1. The number of amides is 1. The van der Waals surface area contributed by atoms with Crippen molar-refractivity contribution in [2.45, 2.75) is 4.90 Å². The van der Waals surface area contributed by atoms with Crippen molar-refractivity contribution >= 4 is 27.8 Å². The zero-order chi connectivity index (χ0) is 28.0. The van der Waals surface area contributed by atoms with Gasteiger partial charge >= 0.3 is 0 Å². The van der Waals surface area contributed by atoms with Crippen LogP contribution in [0.1, 0.15) is 5.56 Å². The molecule has 1 aliphatic heterocycles. The summed E-state index contributed by atoms with van der Waals surface area (Å²) in [5, 5.41) is 3.93. The highest BCUT2D eigenvalue weighted by Gasteiger charge is 2.29. The number of hydrogen-bond acceptors (Lipinski definition) is 9. The van der Waals surface area contributed by atoms with Gasteiger partial charge in [0.1, 0.15) is 25.6 Å². The summed E-state index contributed by atoms with van der Waals surface area (Å²) in [5.74, 6) is 0.530. The molecular formula is C26H26FN3O8S. The van der Waals surface area contributed by atoms with E-state index in [2.05, 4.69) is 10.5 Å². The van der Waals surface area contributed by atoms with E-state index in [1.54, 1.807) is 12.1 Å². The van der Waals surface area contributed by atoms with Gasteiger partial charge in [-0.15, -0.1) is 0 Å². The summed E-state index contributed by atoms with van der Waals surface area (Å²) in [6.45, 7) is -0.0306. The van der Waals surface area contributed by atoms with Crippen molar-refractivity contribution < 1.29 is 41.3 Å². The first-order chi connectivity index (χ1) is 18.8. The lowest BCUT2D eigenvalue weighted by Gasteiger charge is -2.25. The summed E-state index contributed by atoms with van der Waals surface area (Å²) >= 11 is 0. The molecule has 0 aromatic heterocycles. The van der Waals surface area contributed by atoms with Gasteiger partial charge in [0, 0.05) is 11.6 Å². The maximum Gasteiger partial charge on any atom is 0.264 e. The van der Waals surface area contributed by atoms with Crippen LogP contribution >= 0.6 is 0 Å². The normalized spacial score (nSPS) is 12.6. The third-order valence-electron chi connectivity index (χ3n) is 5.59. The van der Waals surface area contributed by atoms with Crippen LogP contribution in [0.15, 0.2) is 64.6 Å². The van der Waals surface area contributed by atoms with Crippen LogP contribution in [0, 0.1) is 5.82 Å². The third kappa shape index (κ3) is 6.14. The van der Waals surface area contributed by atoms with E-state index < -0.39 is 28.3 Å². The first-order valence-corrected chi connectivity index (χ1v) is 13.0. The molecule has 0 saturated carbocycles. The molecule has 1 amide bonds. The molecule has 1 N–H and O–H groups in total. The Kier molecular flexibility index (Phi) is 8.39. The van der Waals surface area contributed by atoms with E-state index in [1.807, 2.05) is 0 Å². The molecule has 1 aliphatic rings. The van der Waals surface area contributed by atoms with E-state index in [0.29, 0.717) is 35.2 Å².